The number of hydrogen-bond donors (Lipinski definition) is 2. The van der Waals surface area contributed by atoms with Gasteiger partial charge in [-0.05, 0) is 49.6 Å². The van der Waals surface area contributed by atoms with E-state index in [2.05, 4.69) is 10.3 Å². The Morgan fingerprint density at radius 2 is 1.92 bits per heavy atom. The van der Waals surface area contributed by atoms with E-state index in [9.17, 15) is 0 Å². The molecule has 5 heteroatoms. The highest BCUT2D eigenvalue weighted by Gasteiger charge is 2.20. The van der Waals surface area contributed by atoms with Gasteiger partial charge in [0.2, 0.25) is 0 Å². The number of para-hydroxylation sites is 1. The third-order valence-corrected chi connectivity index (χ3v) is 4.10. The summed E-state index contributed by atoms with van der Waals surface area (Å²) in [4.78, 5) is 4.42. The first-order chi connectivity index (χ1) is 11.7. The zero-order valence-corrected chi connectivity index (χ0v) is 13.9. The summed E-state index contributed by atoms with van der Waals surface area (Å²) in [6, 6.07) is 15.5. The molecule has 126 valence electrons. The Morgan fingerprint density at radius 1 is 1.17 bits per heavy atom. The van der Waals surface area contributed by atoms with E-state index in [1.165, 1.54) is 6.42 Å². The number of methoxy groups -OCH3 is 1. The number of ether oxygens (including phenoxy) is 2. The second-order valence-electron chi connectivity index (χ2n) is 5.83. The maximum atomic E-state index is 6.01. The molecule has 1 fully saturated rings. The van der Waals surface area contributed by atoms with Gasteiger partial charge < -0.3 is 20.5 Å². The monoisotopic (exact) mass is 325 g/mol. The number of rotatable bonds is 6. The van der Waals surface area contributed by atoms with Crippen LogP contribution in [0.2, 0.25) is 0 Å². The van der Waals surface area contributed by atoms with E-state index < -0.39 is 0 Å². The van der Waals surface area contributed by atoms with Crippen LogP contribution in [0.4, 0.5) is 5.69 Å². The first-order valence-electron chi connectivity index (χ1n) is 8.20. The van der Waals surface area contributed by atoms with Gasteiger partial charge >= 0.3 is 0 Å². The van der Waals surface area contributed by atoms with E-state index in [1.54, 1.807) is 7.11 Å². The lowest BCUT2D eigenvalue weighted by molar-refractivity contribution is 0.119. The number of benzene rings is 2. The van der Waals surface area contributed by atoms with Gasteiger partial charge in [0.15, 0.2) is 5.96 Å². The van der Waals surface area contributed by atoms with Crippen LogP contribution in [-0.4, -0.2) is 19.2 Å². The van der Waals surface area contributed by atoms with Crippen molar-refractivity contribution in [2.45, 2.75) is 31.9 Å². The summed E-state index contributed by atoms with van der Waals surface area (Å²) in [6.07, 6.45) is 3.88. The molecule has 2 aromatic rings. The van der Waals surface area contributed by atoms with Crippen LogP contribution in [0.25, 0.3) is 0 Å². The minimum atomic E-state index is 0.352. The molecule has 0 heterocycles. The van der Waals surface area contributed by atoms with Crippen molar-refractivity contribution in [3.63, 3.8) is 0 Å². The quantitative estimate of drug-likeness (QED) is 0.629. The Morgan fingerprint density at radius 3 is 2.58 bits per heavy atom. The molecule has 3 rings (SSSR count). The number of nitrogens with zero attached hydrogens (tertiary/aromatic N) is 1. The fourth-order valence-corrected chi connectivity index (χ4v) is 2.45. The summed E-state index contributed by atoms with van der Waals surface area (Å²) in [5, 5.41) is 3.08. The van der Waals surface area contributed by atoms with Crippen LogP contribution in [0.1, 0.15) is 24.8 Å². The van der Waals surface area contributed by atoms with Crippen molar-refractivity contribution in [1.29, 1.82) is 0 Å². The molecular weight excluding hydrogens is 302 g/mol. The summed E-state index contributed by atoms with van der Waals surface area (Å²) in [5.41, 5.74) is 7.90. The van der Waals surface area contributed by atoms with Crippen molar-refractivity contribution in [3.8, 4) is 11.5 Å². The van der Waals surface area contributed by atoms with Crippen molar-refractivity contribution >= 4 is 11.6 Å². The van der Waals surface area contributed by atoms with E-state index in [0.717, 1.165) is 35.6 Å². The number of anilines is 1. The largest absolute Gasteiger partial charge is 0.497 e. The number of nitrogens with one attached hydrogen (secondary N) is 1. The number of nitrogens with two attached hydrogens (primary N) is 1. The highest BCUT2D eigenvalue weighted by molar-refractivity contribution is 5.92. The van der Waals surface area contributed by atoms with Gasteiger partial charge in [0, 0.05) is 11.3 Å². The Hall–Kier alpha value is -2.69. The molecule has 0 aliphatic heterocycles. The Labute approximate surface area is 142 Å². The van der Waals surface area contributed by atoms with Crippen LogP contribution in [0.15, 0.2) is 53.5 Å². The van der Waals surface area contributed by atoms with E-state index in [-0.39, 0.29) is 0 Å². The molecule has 0 atom stereocenters. The molecule has 1 aliphatic rings. The van der Waals surface area contributed by atoms with Gasteiger partial charge in [-0.2, -0.15) is 0 Å². The molecule has 0 unspecified atom stereocenters. The number of guanidine groups is 1. The van der Waals surface area contributed by atoms with Crippen LogP contribution in [0.3, 0.4) is 0 Å². The van der Waals surface area contributed by atoms with Crippen LogP contribution in [0, 0.1) is 0 Å². The fourth-order valence-electron chi connectivity index (χ4n) is 2.45. The predicted octanol–water partition coefficient (Wildman–Crippen LogP) is 3.55. The molecular formula is C19H23N3O2. The predicted molar refractivity (Wildman–Crippen MR) is 96.7 cm³/mol. The lowest BCUT2D eigenvalue weighted by Crippen LogP contribution is -2.25. The lowest BCUT2D eigenvalue weighted by Gasteiger charge is -2.27. The van der Waals surface area contributed by atoms with Crippen LogP contribution >= 0.6 is 0 Å². The topological polar surface area (TPSA) is 68.9 Å². The Balaban J connectivity index is 1.61. The average molecular weight is 325 g/mol. The van der Waals surface area contributed by atoms with Crippen molar-refractivity contribution in [2.75, 3.05) is 12.4 Å². The minimum Gasteiger partial charge on any atom is -0.497 e. The summed E-state index contributed by atoms with van der Waals surface area (Å²) in [5.74, 6) is 2.08. The average Bonchev–Trinajstić information content (AvgIpc) is 2.58. The standard InChI is InChI=1S/C19H23N3O2/c1-23-16-11-9-15(10-12-16)22-19(20)21-13-14-5-2-3-8-18(14)24-17-6-4-7-17/h2-3,5,8-12,17H,4,6-7,13H2,1H3,(H3,20,21,22). The molecule has 0 saturated heterocycles. The normalized spacial score (nSPS) is 14.8. The van der Waals surface area contributed by atoms with Crippen LogP contribution in [-0.2, 0) is 6.54 Å². The highest BCUT2D eigenvalue weighted by Crippen LogP contribution is 2.27. The van der Waals surface area contributed by atoms with Crippen LogP contribution in [0.5, 0.6) is 11.5 Å². The smallest absolute Gasteiger partial charge is 0.193 e. The molecule has 1 saturated carbocycles. The Bertz CT molecular complexity index is 694. The molecule has 0 aromatic heterocycles. The van der Waals surface area contributed by atoms with E-state index in [4.69, 9.17) is 15.2 Å². The van der Waals surface area contributed by atoms with E-state index >= 15 is 0 Å². The van der Waals surface area contributed by atoms with E-state index in [1.807, 2.05) is 48.5 Å². The zero-order valence-electron chi connectivity index (χ0n) is 13.9. The van der Waals surface area contributed by atoms with Crippen molar-refractivity contribution in [2.24, 2.45) is 10.7 Å². The first-order valence-corrected chi connectivity index (χ1v) is 8.20. The summed E-state index contributed by atoms with van der Waals surface area (Å²) in [6.45, 7) is 0.484. The third-order valence-electron chi connectivity index (χ3n) is 4.10. The van der Waals surface area contributed by atoms with Gasteiger partial charge in [0.1, 0.15) is 11.5 Å². The second-order valence-corrected chi connectivity index (χ2v) is 5.83. The molecule has 3 N–H and O–H groups in total. The molecule has 0 spiro atoms. The van der Waals surface area contributed by atoms with Gasteiger partial charge in [-0.3, -0.25) is 0 Å². The van der Waals surface area contributed by atoms with Gasteiger partial charge in [0.25, 0.3) is 0 Å². The maximum absolute atomic E-state index is 6.01. The zero-order chi connectivity index (χ0) is 16.8. The number of aliphatic imine (C=N–C) groups is 1. The van der Waals surface area contributed by atoms with Crippen molar-refractivity contribution in [1.82, 2.24) is 0 Å². The summed E-state index contributed by atoms with van der Waals surface area (Å²) >= 11 is 0. The summed E-state index contributed by atoms with van der Waals surface area (Å²) < 4.78 is 11.1. The van der Waals surface area contributed by atoms with Gasteiger partial charge in [0.05, 0.1) is 19.8 Å². The summed E-state index contributed by atoms with van der Waals surface area (Å²) in [7, 11) is 1.64. The SMILES string of the molecule is COc1ccc(NC(N)=NCc2ccccc2OC2CCC2)cc1. The first kappa shape index (κ1) is 16.2. The van der Waals surface area contributed by atoms with Gasteiger partial charge in [-0.25, -0.2) is 4.99 Å². The second kappa shape index (κ2) is 7.73. The fraction of sp³-hybridized carbons (Fsp3) is 0.316. The van der Waals surface area contributed by atoms with Crippen molar-refractivity contribution in [3.05, 3.63) is 54.1 Å². The molecule has 1 aliphatic carbocycles. The van der Waals surface area contributed by atoms with Crippen molar-refractivity contribution < 1.29 is 9.47 Å². The Kier molecular flexibility index (Phi) is 5.21. The molecule has 2 aromatic carbocycles. The molecule has 5 nitrogen and oxygen atoms in total. The van der Waals surface area contributed by atoms with Crippen LogP contribution < -0.4 is 20.5 Å². The molecule has 24 heavy (non-hydrogen) atoms. The van der Waals surface area contributed by atoms with Gasteiger partial charge in [-0.15, -0.1) is 0 Å². The highest BCUT2D eigenvalue weighted by atomic mass is 16.5. The lowest BCUT2D eigenvalue weighted by atomic mass is 9.96. The third kappa shape index (κ3) is 4.19. The minimum absolute atomic E-state index is 0.352. The molecule has 0 bridgehead atoms. The van der Waals surface area contributed by atoms with E-state index in [0.29, 0.717) is 18.6 Å². The van der Waals surface area contributed by atoms with Gasteiger partial charge in [-0.1, -0.05) is 18.2 Å². The molecule has 0 radical (unpaired) electrons. The number of hydrogen-bond acceptors (Lipinski definition) is 3. The maximum Gasteiger partial charge on any atom is 0.193 e. The molecule has 0 amide bonds.